The summed E-state index contributed by atoms with van der Waals surface area (Å²) in [5.74, 6) is -0.280. The normalized spacial score (nSPS) is 15.8. The quantitative estimate of drug-likeness (QED) is 0.707. The number of hydrogen-bond acceptors (Lipinski definition) is 4. The Labute approximate surface area is 161 Å². The van der Waals surface area contributed by atoms with Gasteiger partial charge in [0.2, 0.25) is 5.91 Å². The molecule has 0 radical (unpaired) electrons. The van der Waals surface area contributed by atoms with Gasteiger partial charge in [0.1, 0.15) is 0 Å². The largest absolute Gasteiger partial charge is 0.321 e. The Morgan fingerprint density at radius 2 is 2.00 bits per heavy atom. The van der Waals surface area contributed by atoms with Gasteiger partial charge in [-0.15, -0.1) is 11.3 Å². The number of carbonyl (C=O) groups excluding carboxylic acids is 2. The minimum Gasteiger partial charge on any atom is -0.321 e. The standard InChI is InChI=1S/C21H19N3O2S/c1-12-5-7-15(8-6-12)23-20(26)19-13(2)18-16(14-4-3-9-22-11-14)10-17(25)24-21(18)27-19/h3-9,11,16H,10H2,1-2H3,(H,23,26)(H,24,25). The van der Waals surface area contributed by atoms with E-state index in [0.29, 0.717) is 11.3 Å². The van der Waals surface area contributed by atoms with Gasteiger partial charge in [-0.3, -0.25) is 14.6 Å². The molecule has 1 aromatic carbocycles. The van der Waals surface area contributed by atoms with E-state index in [2.05, 4.69) is 15.6 Å². The summed E-state index contributed by atoms with van der Waals surface area (Å²) in [6.45, 7) is 3.95. The van der Waals surface area contributed by atoms with E-state index in [4.69, 9.17) is 0 Å². The van der Waals surface area contributed by atoms with Crippen LogP contribution in [0.15, 0.2) is 48.8 Å². The highest BCUT2D eigenvalue weighted by atomic mass is 32.1. The predicted octanol–water partition coefficient (Wildman–Crippen LogP) is 4.49. The molecule has 136 valence electrons. The van der Waals surface area contributed by atoms with Crippen molar-refractivity contribution in [2.45, 2.75) is 26.2 Å². The molecule has 1 unspecified atom stereocenters. The lowest BCUT2D eigenvalue weighted by Crippen LogP contribution is -2.22. The molecule has 1 aliphatic rings. The first-order chi connectivity index (χ1) is 13.0. The Kier molecular flexibility index (Phi) is 4.49. The molecule has 1 aliphatic heterocycles. The van der Waals surface area contributed by atoms with Crippen molar-refractivity contribution in [2.75, 3.05) is 10.6 Å². The molecule has 6 heteroatoms. The fourth-order valence-corrected chi connectivity index (χ4v) is 4.59. The Balaban J connectivity index is 1.69. The summed E-state index contributed by atoms with van der Waals surface area (Å²) < 4.78 is 0. The molecule has 3 heterocycles. The summed E-state index contributed by atoms with van der Waals surface area (Å²) in [7, 11) is 0. The van der Waals surface area contributed by atoms with Crippen LogP contribution in [0.4, 0.5) is 10.7 Å². The molecule has 0 aliphatic carbocycles. The molecular formula is C21H19N3O2S. The van der Waals surface area contributed by atoms with E-state index in [1.807, 2.05) is 50.2 Å². The van der Waals surface area contributed by atoms with Gasteiger partial charge in [0.05, 0.1) is 9.88 Å². The first kappa shape index (κ1) is 17.4. The van der Waals surface area contributed by atoms with Crippen LogP contribution in [0.2, 0.25) is 0 Å². The average molecular weight is 377 g/mol. The van der Waals surface area contributed by atoms with E-state index < -0.39 is 0 Å². The van der Waals surface area contributed by atoms with Crippen LogP contribution in [-0.4, -0.2) is 16.8 Å². The maximum absolute atomic E-state index is 12.8. The van der Waals surface area contributed by atoms with Gasteiger partial charge in [-0.2, -0.15) is 0 Å². The summed E-state index contributed by atoms with van der Waals surface area (Å²) in [4.78, 5) is 29.8. The van der Waals surface area contributed by atoms with Gasteiger partial charge < -0.3 is 10.6 Å². The number of benzene rings is 1. The summed E-state index contributed by atoms with van der Waals surface area (Å²) in [5.41, 5.74) is 4.80. The van der Waals surface area contributed by atoms with Crippen LogP contribution in [-0.2, 0) is 4.79 Å². The van der Waals surface area contributed by atoms with Gasteiger partial charge in [-0.25, -0.2) is 0 Å². The number of anilines is 2. The Bertz CT molecular complexity index is 1010. The van der Waals surface area contributed by atoms with Gasteiger partial charge in [0.25, 0.3) is 5.91 Å². The maximum atomic E-state index is 12.8. The molecule has 2 amide bonds. The van der Waals surface area contributed by atoms with E-state index in [1.54, 1.807) is 12.4 Å². The molecule has 0 saturated carbocycles. The molecule has 3 aromatic rings. The van der Waals surface area contributed by atoms with Crippen LogP contribution in [0.25, 0.3) is 0 Å². The molecule has 2 N–H and O–H groups in total. The minimum absolute atomic E-state index is 0.0388. The fraction of sp³-hybridized carbons (Fsp3) is 0.190. The highest BCUT2D eigenvalue weighted by Gasteiger charge is 2.32. The van der Waals surface area contributed by atoms with E-state index in [1.165, 1.54) is 11.3 Å². The highest BCUT2D eigenvalue weighted by Crippen LogP contribution is 2.45. The maximum Gasteiger partial charge on any atom is 0.266 e. The van der Waals surface area contributed by atoms with E-state index in [9.17, 15) is 9.59 Å². The highest BCUT2D eigenvalue weighted by molar-refractivity contribution is 7.18. The number of pyridine rings is 1. The van der Waals surface area contributed by atoms with E-state index >= 15 is 0 Å². The number of amides is 2. The lowest BCUT2D eigenvalue weighted by molar-refractivity contribution is -0.116. The number of fused-ring (bicyclic) bond motifs is 1. The number of nitrogens with zero attached hydrogens (tertiary/aromatic N) is 1. The number of carbonyl (C=O) groups is 2. The topological polar surface area (TPSA) is 71.1 Å². The molecule has 2 aromatic heterocycles. The number of hydrogen-bond donors (Lipinski definition) is 2. The number of aryl methyl sites for hydroxylation is 1. The van der Waals surface area contributed by atoms with Crippen LogP contribution in [0.5, 0.6) is 0 Å². The van der Waals surface area contributed by atoms with Gasteiger partial charge in [-0.05, 0) is 48.7 Å². The van der Waals surface area contributed by atoms with Crippen LogP contribution in [0, 0.1) is 13.8 Å². The predicted molar refractivity (Wildman–Crippen MR) is 108 cm³/mol. The van der Waals surface area contributed by atoms with Crippen LogP contribution >= 0.6 is 11.3 Å². The summed E-state index contributed by atoms with van der Waals surface area (Å²) in [5, 5.41) is 6.63. The molecular weight excluding hydrogens is 358 g/mol. The van der Waals surface area contributed by atoms with E-state index in [-0.39, 0.29) is 17.7 Å². The monoisotopic (exact) mass is 377 g/mol. The Morgan fingerprint density at radius 3 is 2.70 bits per heavy atom. The number of nitrogens with one attached hydrogen (secondary N) is 2. The first-order valence-corrected chi connectivity index (χ1v) is 9.55. The van der Waals surface area contributed by atoms with Crippen molar-refractivity contribution >= 4 is 33.8 Å². The summed E-state index contributed by atoms with van der Waals surface area (Å²) in [6, 6.07) is 11.5. The van der Waals surface area contributed by atoms with Crippen molar-refractivity contribution in [3.63, 3.8) is 0 Å². The summed E-state index contributed by atoms with van der Waals surface area (Å²) >= 11 is 1.33. The van der Waals surface area contributed by atoms with Crippen LogP contribution < -0.4 is 10.6 Å². The number of aromatic nitrogens is 1. The SMILES string of the molecule is Cc1ccc(NC(=O)c2sc3c(c2C)C(c2cccnc2)CC(=O)N3)cc1. The second-order valence-electron chi connectivity index (χ2n) is 6.71. The first-order valence-electron chi connectivity index (χ1n) is 8.74. The van der Waals surface area contributed by atoms with Crippen molar-refractivity contribution in [1.29, 1.82) is 0 Å². The zero-order valence-electron chi connectivity index (χ0n) is 15.1. The van der Waals surface area contributed by atoms with Crippen LogP contribution in [0.3, 0.4) is 0 Å². The number of thiophene rings is 1. The van der Waals surface area contributed by atoms with Crippen molar-refractivity contribution in [2.24, 2.45) is 0 Å². The zero-order chi connectivity index (χ0) is 19.0. The lowest BCUT2D eigenvalue weighted by Gasteiger charge is -2.23. The molecule has 1 atom stereocenters. The molecule has 4 rings (SSSR count). The third-order valence-electron chi connectivity index (χ3n) is 4.79. The smallest absolute Gasteiger partial charge is 0.266 e. The van der Waals surface area contributed by atoms with Gasteiger partial charge >= 0.3 is 0 Å². The fourth-order valence-electron chi connectivity index (χ4n) is 3.41. The zero-order valence-corrected chi connectivity index (χ0v) is 15.9. The van der Waals surface area contributed by atoms with Crippen molar-refractivity contribution in [1.82, 2.24) is 4.98 Å². The Morgan fingerprint density at radius 1 is 1.22 bits per heavy atom. The molecule has 27 heavy (non-hydrogen) atoms. The third kappa shape index (κ3) is 3.36. The van der Waals surface area contributed by atoms with Crippen LogP contribution in [0.1, 0.15) is 44.3 Å². The van der Waals surface area contributed by atoms with Gasteiger partial charge in [0, 0.05) is 30.4 Å². The minimum atomic E-state index is -0.157. The molecule has 0 spiro atoms. The molecule has 5 nitrogen and oxygen atoms in total. The van der Waals surface area contributed by atoms with Crippen molar-refractivity contribution in [3.8, 4) is 0 Å². The second kappa shape index (κ2) is 6.96. The lowest BCUT2D eigenvalue weighted by atomic mass is 9.85. The van der Waals surface area contributed by atoms with E-state index in [0.717, 1.165) is 32.9 Å². The number of rotatable bonds is 3. The summed E-state index contributed by atoms with van der Waals surface area (Å²) in [6.07, 6.45) is 3.86. The van der Waals surface area contributed by atoms with Crippen molar-refractivity contribution in [3.05, 3.63) is 75.9 Å². The van der Waals surface area contributed by atoms with Gasteiger partial charge in [-0.1, -0.05) is 23.8 Å². The van der Waals surface area contributed by atoms with Gasteiger partial charge in [0.15, 0.2) is 0 Å². The second-order valence-corrected chi connectivity index (χ2v) is 7.73. The Hall–Kier alpha value is -2.99. The molecule has 0 bridgehead atoms. The molecule has 0 fully saturated rings. The molecule has 0 saturated heterocycles. The average Bonchev–Trinajstić information content (AvgIpc) is 3.00. The third-order valence-corrected chi connectivity index (χ3v) is 6.01. The van der Waals surface area contributed by atoms with Crippen molar-refractivity contribution < 1.29 is 9.59 Å².